The van der Waals surface area contributed by atoms with Gasteiger partial charge in [-0.25, -0.2) is 8.42 Å². The average molecular weight is 447 g/mol. The minimum Gasteiger partial charge on any atom is -0.455 e. The summed E-state index contributed by atoms with van der Waals surface area (Å²) in [6, 6.07) is 12.1. The first-order valence-corrected chi connectivity index (χ1v) is 11.2. The predicted octanol–water partition coefficient (Wildman–Crippen LogP) is 2.10. The highest BCUT2D eigenvalue weighted by molar-refractivity contribution is 7.89. The number of nitrogens with zero attached hydrogens (tertiary/aromatic N) is 2. The number of morpholine rings is 1. The van der Waals surface area contributed by atoms with Crippen LogP contribution in [0.15, 0.2) is 53.4 Å². The number of carbonyl (C=O) groups is 1. The monoisotopic (exact) mass is 447 g/mol. The molecule has 2 aromatic carbocycles. The van der Waals surface area contributed by atoms with Crippen LogP contribution in [0, 0.1) is 16.0 Å². The summed E-state index contributed by atoms with van der Waals surface area (Å²) >= 11 is 0. The summed E-state index contributed by atoms with van der Waals surface area (Å²) in [5.41, 5.74) is 0.136. The van der Waals surface area contributed by atoms with Crippen molar-refractivity contribution in [3.05, 3.63) is 58.6 Å². The number of hydrogen-bond donors (Lipinski definition) is 1. The molecule has 1 N–H and O–H groups in total. The third-order valence-corrected chi connectivity index (χ3v) is 7.05. The van der Waals surface area contributed by atoms with Gasteiger partial charge in [-0.3, -0.25) is 14.9 Å². The molecule has 0 unspecified atom stereocenters. The molecule has 1 amide bonds. The summed E-state index contributed by atoms with van der Waals surface area (Å²) < 4.78 is 38.4. The summed E-state index contributed by atoms with van der Waals surface area (Å²) in [5, 5.41) is 13.5. The molecule has 2 aliphatic rings. The molecule has 4 rings (SSSR count). The molecule has 1 heterocycles. The molecule has 31 heavy (non-hydrogen) atoms. The van der Waals surface area contributed by atoms with E-state index in [4.69, 9.17) is 9.47 Å². The van der Waals surface area contributed by atoms with Gasteiger partial charge >= 0.3 is 0 Å². The smallest absolute Gasteiger partial charge is 0.243 e. The molecule has 0 bridgehead atoms. The lowest BCUT2D eigenvalue weighted by molar-refractivity contribution is -0.497. The zero-order chi connectivity index (χ0) is 22.0. The van der Waals surface area contributed by atoms with Gasteiger partial charge in [0.25, 0.3) is 0 Å². The summed E-state index contributed by atoms with van der Waals surface area (Å²) in [4.78, 5) is 22.9. The number of benzene rings is 2. The second kappa shape index (κ2) is 8.61. The lowest BCUT2D eigenvalue weighted by Gasteiger charge is -2.26. The van der Waals surface area contributed by atoms with Crippen molar-refractivity contribution < 1.29 is 27.6 Å². The number of nitrogens with one attached hydrogen (secondary N) is 1. The van der Waals surface area contributed by atoms with E-state index in [2.05, 4.69) is 5.32 Å². The van der Waals surface area contributed by atoms with Crippen LogP contribution in [0.25, 0.3) is 0 Å². The molecular weight excluding hydrogens is 426 g/mol. The van der Waals surface area contributed by atoms with E-state index in [9.17, 15) is 23.3 Å². The second-order valence-corrected chi connectivity index (χ2v) is 9.21. The molecule has 1 saturated heterocycles. The van der Waals surface area contributed by atoms with Gasteiger partial charge in [0, 0.05) is 24.4 Å². The van der Waals surface area contributed by atoms with E-state index in [1.807, 2.05) is 6.07 Å². The summed E-state index contributed by atoms with van der Waals surface area (Å²) in [7, 11) is -3.80. The molecule has 0 spiro atoms. The highest BCUT2D eigenvalue weighted by Gasteiger charge is 2.53. The Bertz CT molecular complexity index is 1090. The standard InChI is InChI=1S/C20H21N3O7S/c24-20(16-13-18(16)23(25)26)21-17-12-15(31(27,28)22-8-10-29-11-9-22)6-7-19(17)30-14-4-2-1-3-5-14/h1-7,12,16,18H,8-11,13H2,(H,21,24)/t16-,18-/m0/s1. The maximum absolute atomic E-state index is 13.0. The van der Waals surface area contributed by atoms with Crippen LogP contribution in [0.5, 0.6) is 11.5 Å². The zero-order valence-electron chi connectivity index (χ0n) is 16.5. The third kappa shape index (κ3) is 4.68. The first-order valence-electron chi connectivity index (χ1n) is 9.75. The highest BCUT2D eigenvalue weighted by Crippen LogP contribution is 2.37. The van der Waals surface area contributed by atoms with E-state index in [1.54, 1.807) is 24.3 Å². The SMILES string of the molecule is O=C(Nc1cc(S(=O)(=O)N2CCOCC2)ccc1Oc1ccccc1)[C@H]1C[C@@H]1[N+](=O)[O-]. The Hall–Kier alpha value is -3.02. The number of anilines is 1. The fourth-order valence-electron chi connectivity index (χ4n) is 3.33. The van der Waals surface area contributed by atoms with Gasteiger partial charge in [-0.2, -0.15) is 4.31 Å². The van der Waals surface area contributed by atoms with Crippen LogP contribution < -0.4 is 10.1 Å². The predicted molar refractivity (Wildman–Crippen MR) is 110 cm³/mol. The second-order valence-electron chi connectivity index (χ2n) is 7.27. The average Bonchev–Trinajstić information content (AvgIpc) is 3.58. The van der Waals surface area contributed by atoms with E-state index in [0.717, 1.165) is 0 Å². The van der Waals surface area contributed by atoms with Crippen LogP contribution in [-0.4, -0.2) is 55.9 Å². The number of ether oxygens (including phenoxy) is 2. The first-order chi connectivity index (χ1) is 14.9. The molecule has 10 nitrogen and oxygen atoms in total. The molecule has 1 aliphatic carbocycles. The van der Waals surface area contributed by atoms with Crippen molar-refractivity contribution in [2.75, 3.05) is 31.6 Å². The van der Waals surface area contributed by atoms with Gasteiger partial charge in [-0.15, -0.1) is 0 Å². The Morgan fingerprint density at radius 3 is 2.52 bits per heavy atom. The van der Waals surface area contributed by atoms with Gasteiger partial charge in [0.15, 0.2) is 5.75 Å². The van der Waals surface area contributed by atoms with E-state index >= 15 is 0 Å². The van der Waals surface area contributed by atoms with Crippen LogP contribution in [-0.2, 0) is 19.6 Å². The van der Waals surface area contributed by atoms with Crippen molar-refractivity contribution in [3.8, 4) is 11.5 Å². The Balaban J connectivity index is 1.63. The minimum absolute atomic E-state index is 0.00765. The third-order valence-electron chi connectivity index (χ3n) is 5.15. The van der Waals surface area contributed by atoms with Gasteiger partial charge in [-0.1, -0.05) is 18.2 Å². The number of amides is 1. The lowest BCUT2D eigenvalue weighted by Crippen LogP contribution is -2.40. The number of para-hydroxylation sites is 1. The number of carbonyl (C=O) groups excluding carboxylic acids is 1. The van der Waals surface area contributed by atoms with Crippen LogP contribution in [0.2, 0.25) is 0 Å². The van der Waals surface area contributed by atoms with Crippen molar-refractivity contribution in [1.29, 1.82) is 0 Å². The van der Waals surface area contributed by atoms with Crippen molar-refractivity contribution in [2.24, 2.45) is 5.92 Å². The molecule has 164 valence electrons. The fraction of sp³-hybridized carbons (Fsp3) is 0.350. The number of nitro groups is 1. The maximum atomic E-state index is 13.0. The fourth-order valence-corrected chi connectivity index (χ4v) is 4.76. The molecule has 1 saturated carbocycles. The van der Waals surface area contributed by atoms with Crippen molar-refractivity contribution in [3.63, 3.8) is 0 Å². The highest BCUT2D eigenvalue weighted by atomic mass is 32.2. The van der Waals surface area contributed by atoms with Gasteiger partial charge in [0.2, 0.25) is 22.0 Å². The summed E-state index contributed by atoms with van der Waals surface area (Å²) in [6.07, 6.45) is 0.152. The molecule has 0 aromatic heterocycles. The van der Waals surface area contributed by atoms with Gasteiger partial charge < -0.3 is 14.8 Å². The molecule has 11 heteroatoms. The summed E-state index contributed by atoms with van der Waals surface area (Å²) in [5.74, 6) is -0.560. The van der Waals surface area contributed by atoms with Crippen LogP contribution in [0.4, 0.5) is 5.69 Å². The van der Waals surface area contributed by atoms with Crippen LogP contribution in [0.1, 0.15) is 6.42 Å². The Labute approximate surface area is 179 Å². The quantitative estimate of drug-likeness (QED) is 0.508. The molecule has 2 fully saturated rings. The van der Waals surface area contributed by atoms with Crippen molar-refractivity contribution >= 4 is 21.6 Å². The Morgan fingerprint density at radius 2 is 1.87 bits per heavy atom. The van der Waals surface area contributed by atoms with E-state index in [1.165, 1.54) is 22.5 Å². The molecule has 2 aromatic rings. The van der Waals surface area contributed by atoms with E-state index in [-0.39, 0.29) is 35.8 Å². The first kappa shape index (κ1) is 21.2. The van der Waals surface area contributed by atoms with Gasteiger partial charge in [0.1, 0.15) is 11.7 Å². The zero-order valence-corrected chi connectivity index (χ0v) is 17.3. The van der Waals surface area contributed by atoms with Gasteiger partial charge in [-0.05, 0) is 30.3 Å². The van der Waals surface area contributed by atoms with E-state index in [0.29, 0.717) is 19.0 Å². The van der Waals surface area contributed by atoms with Crippen LogP contribution in [0.3, 0.4) is 0 Å². The van der Waals surface area contributed by atoms with Gasteiger partial charge in [0.05, 0.1) is 23.8 Å². The normalized spacial score (nSPS) is 21.3. The van der Waals surface area contributed by atoms with Crippen molar-refractivity contribution in [2.45, 2.75) is 17.4 Å². The lowest BCUT2D eigenvalue weighted by atomic mass is 10.2. The summed E-state index contributed by atoms with van der Waals surface area (Å²) in [6.45, 7) is 1.09. The topological polar surface area (TPSA) is 128 Å². The number of hydrogen-bond acceptors (Lipinski definition) is 7. The molecule has 2 atom stereocenters. The van der Waals surface area contributed by atoms with Crippen LogP contribution >= 0.6 is 0 Å². The molecular formula is C20H21N3O7S. The number of sulfonamides is 1. The minimum atomic E-state index is -3.80. The number of rotatable bonds is 7. The molecule has 1 aliphatic heterocycles. The Morgan fingerprint density at radius 1 is 1.16 bits per heavy atom. The Kier molecular flexibility index (Phi) is 5.90. The maximum Gasteiger partial charge on any atom is 0.243 e. The largest absolute Gasteiger partial charge is 0.455 e. The molecule has 0 radical (unpaired) electrons. The van der Waals surface area contributed by atoms with E-state index < -0.39 is 32.8 Å². The van der Waals surface area contributed by atoms with Crippen molar-refractivity contribution in [1.82, 2.24) is 4.31 Å².